The van der Waals surface area contributed by atoms with E-state index < -0.39 is 11.8 Å². The molecule has 2 N–H and O–H groups in total. The molecule has 86 valence electrons. The number of aliphatic hydroxyl groups is 1. The van der Waals surface area contributed by atoms with Crippen molar-refractivity contribution in [1.82, 2.24) is 10.2 Å². The molecule has 0 radical (unpaired) electrons. The summed E-state index contributed by atoms with van der Waals surface area (Å²) in [4.78, 5) is 24.5. The van der Waals surface area contributed by atoms with E-state index in [1.165, 1.54) is 12.3 Å². The van der Waals surface area contributed by atoms with Crippen molar-refractivity contribution in [3.63, 3.8) is 0 Å². The van der Waals surface area contributed by atoms with Crippen molar-refractivity contribution in [3.8, 4) is 0 Å². The molecule has 0 spiro atoms. The van der Waals surface area contributed by atoms with Crippen LogP contribution in [0.2, 0.25) is 0 Å². The summed E-state index contributed by atoms with van der Waals surface area (Å²) in [5.74, 6) is -0.832. The predicted octanol–water partition coefficient (Wildman–Crippen LogP) is -0.787. The van der Waals surface area contributed by atoms with E-state index >= 15 is 0 Å². The van der Waals surface area contributed by atoms with Gasteiger partial charge in [0.25, 0.3) is 5.91 Å². The zero-order valence-electron chi connectivity index (χ0n) is 8.55. The normalized spacial score (nSPS) is 16.8. The fourth-order valence-electron chi connectivity index (χ4n) is 1.51. The van der Waals surface area contributed by atoms with E-state index in [0.717, 1.165) is 0 Å². The lowest BCUT2D eigenvalue weighted by atomic mass is 10.2. The highest BCUT2D eigenvalue weighted by Gasteiger charge is 2.26. The van der Waals surface area contributed by atoms with Gasteiger partial charge in [-0.15, -0.1) is 0 Å². The van der Waals surface area contributed by atoms with Crippen molar-refractivity contribution < 1.29 is 19.1 Å². The molecule has 0 atom stereocenters. The number of hydrogen-bond acceptors (Lipinski definition) is 5. The molecule has 0 aromatic carbocycles. The first-order valence-corrected chi connectivity index (χ1v) is 4.93. The van der Waals surface area contributed by atoms with Crippen molar-refractivity contribution in [2.45, 2.75) is 6.10 Å². The van der Waals surface area contributed by atoms with Crippen LogP contribution >= 0.6 is 0 Å². The third-order valence-electron chi connectivity index (χ3n) is 2.30. The highest BCUT2D eigenvalue weighted by Crippen LogP contribution is 2.05. The number of carbonyl (C=O) groups is 2. The third-order valence-corrected chi connectivity index (χ3v) is 2.30. The Balaban J connectivity index is 1.77. The van der Waals surface area contributed by atoms with Gasteiger partial charge in [-0.05, 0) is 12.1 Å². The minimum atomic E-state index is -0.545. The average Bonchev–Trinajstić information content (AvgIpc) is 2.67. The largest absolute Gasteiger partial charge is 0.459 e. The van der Waals surface area contributed by atoms with Gasteiger partial charge in [0.1, 0.15) is 0 Å². The van der Waals surface area contributed by atoms with E-state index in [-0.39, 0.29) is 18.4 Å². The number of rotatable bonds is 3. The molecule has 2 rings (SSSR count). The lowest BCUT2D eigenvalue weighted by Crippen LogP contribution is -2.54. The van der Waals surface area contributed by atoms with Gasteiger partial charge in [0.15, 0.2) is 5.76 Å². The Morgan fingerprint density at radius 3 is 2.88 bits per heavy atom. The van der Waals surface area contributed by atoms with E-state index in [9.17, 15) is 9.59 Å². The number of likely N-dealkylation sites (tertiary alicyclic amines) is 1. The zero-order chi connectivity index (χ0) is 11.5. The lowest BCUT2D eigenvalue weighted by molar-refractivity contribution is -0.123. The minimum Gasteiger partial charge on any atom is -0.459 e. The molecule has 1 aliphatic rings. The summed E-state index contributed by atoms with van der Waals surface area (Å²) >= 11 is 0. The minimum absolute atomic E-state index is 0.108. The smallest absolute Gasteiger partial charge is 0.293 e. The maximum Gasteiger partial charge on any atom is 0.293 e. The second kappa shape index (κ2) is 4.46. The molecule has 6 nitrogen and oxygen atoms in total. The first-order chi connectivity index (χ1) is 7.65. The number of nitrogens with zero attached hydrogens (tertiary/aromatic N) is 1. The van der Waals surface area contributed by atoms with Gasteiger partial charge in [0.05, 0.1) is 18.9 Å². The van der Waals surface area contributed by atoms with Crippen molar-refractivity contribution in [2.75, 3.05) is 19.6 Å². The molecule has 2 amide bonds. The van der Waals surface area contributed by atoms with E-state index in [4.69, 9.17) is 9.52 Å². The Morgan fingerprint density at radius 2 is 2.31 bits per heavy atom. The molecule has 1 aromatic heterocycles. The monoisotopic (exact) mass is 224 g/mol. The second-order valence-electron chi connectivity index (χ2n) is 3.70. The van der Waals surface area contributed by atoms with Crippen LogP contribution in [0.25, 0.3) is 0 Å². The molecule has 0 unspecified atom stereocenters. The molecule has 0 aliphatic carbocycles. The van der Waals surface area contributed by atoms with E-state index in [0.29, 0.717) is 13.1 Å². The van der Waals surface area contributed by atoms with Crippen LogP contribution in [0.15, 0.2) is 22.8 Å². The summed E-state index contributed by atoms with van der Waals surface area (Å²) in [5.41, 5.74) is 0. The van der Waals surface area contributed by atoms with Gasteiger partial charge >= 0.3 is 0 Å². The molecule has 0 saturated carbocycles. The molecular weight excluding hydrogens is 212 g/mol. The van der Waals surface area contributed by atoms with E-state index in [1.54, 1.807) is 11.0 Å². The Morgan fingerprint density at radius 1 is 1.56 bits per heavy atom. The maximum atomic E-state index is 11.4. The number of furan rings is 1. The van der Waals surface area contributed by atoms with Crippen LogP contribution in [0.3, 0.4) is 0 Å². The highest BCUT2D eigenvalue weighted by atomic mass is 16.3. The summed E-state index contributed by atoms with van der Waals surface area (Å²) in [6, 6.07) is 3.06. The summed E-state index contributed by atoms with van der Waals surface area (Å²) in [6.07, 6.45) is 1.01. The fraction of sp³-hybridized carbons (Fsp3) is 0.400. The van der Waals surface area contributed by atoms with E-state index in [1.807, 2.05) is 0 Å². The lowest BCUT2D eigenvalue weighted by Gasteiger charge is -2.34. The Bertz CT molecular complexity index is 382. The first kappa shape index (κ1) is 10.8. The van der Waals surface area contributed by atoms with Gasteiger partial charge in [-0.2, -0.15) is 0 Å². The van der Waals surface area contributed by atoms with Gasteiger partial charge in [0, 0.05) is 13.1 Å². The number of aliphatic hydroxyl groups excluding tert-OH is 1. The van der Waals surface area contributed by atoms with Gasteiger partial charge in [-0.25, -0.2) is 0 Å². The van der Waals surface area contributed by atoms with Crippen LogP contribution in [0.4, 0.5) is 0 Å². The molecule has 1 aromatic rings. The standard InChI is InChI=1S/C10H12N2O4/c13-7-4-12(5-7)6-9(14)11-10(15)8-2-1-3-16-8/h1-3,7,13H,4-6H2,(H,11,14,15). The summed E-state index contributed by atoms with van der Waals surface area (Å²) in [6.45, 7) is 1.06. The number of nitrogens with one attached hydrogen (secondary N) is 1. The molecule has 2 heterocycles. The predicted molar refractivity (Wildman–Crippen MR) is 53.6 cm³/mol. The number of imide groups is 1. The van der Waals surface area contributed by atoms with Crippen LogP contribution < -0.4 is 5.32 Å². The van der Waals surface area contributed by atoms with Crippen LogP contribution in [-0.2, 0) is 4.79 Å². The number of β-amino-alcohol motifs (C(OH)–C–C–N with tert-alkyl or cyclic N) is 1. The van der Waals surface area contributed by atoms with Crippen molar-refractivity contribution in [3.05, 3.63) is 24.2 Å². The van der Waals surface area contributed by atoms with Crippen LogP contribution in [0.1, 0.15) is 10.6 Å². The average molecular weight is 224 g/mol. The molecule has 16 heavy (non-hydrogen) atoms. The van der Waals surface area contributed by atoms with Crippen molar-refractivity contribution in [1.29, 1.82) is 0 Å². The molecule has 6 heteroatoms. The molecule has 1 aliphatic heterocycles. The number of amides is 2. The summed E-state index contributed by atoms with van der Waals surface area (Å²) in [7, 11) is 0. The van der Waals surface area contributed by atoms with Gasteiger partial charge in [-0.1, -0.05) is 0 Å². The van der Waals surface area contributed by atoms with Crippen molar-refractivity contribution >= 4 is 11.8 Å². The molecule has 0 bridgehead atoms. The maximum absolute atomic E-state index is 11.4. The van der Waals surface area contributed by atoms with Gasteiger partial charge in [0.2, 0.25) is 5.91 Å². The van der Waals surface area contributed by atoms with Crippen LogP contribution in [0.5, 0.6) is 0 Å². The second-order valence-corrected chi connectivity index (χ2v) is 3.70. The summed E-state index contributed by atoms with van der Waals surface area (Å²) < 4.78 is 4.84. The van der Waals surface area contributed by atoms with E-state index in [2.05, 4.69) is 5.32 Å². The Kier molecular flexibility index (Phi) is 3.02. The molecular formula is C10H12N2O4. The Hall–Kier alpha value is -1.66. The Labute approximate surface area is 91.8 Å². The molecule has 1 saturated heterocycles. The SMILES string of the molecule is O=C(CN1CC(O)C1)NC(=O)c1ccco1. The highest BCUT2D eigenvalue weighted by molar-refractivity contribution is 6.03. The zero-order valence-corrected chi connectivity index (χ0v) is 8.55. The fourth-order valence-corrected chi connectivity index (χ4v) is 1.51. The first-order valence-electron chi connectivity index (χ1n) is 4.93. The van der Waals surface area contributed by atoms with Crippen LogP contribution in [-0.4, -0.2) is 47.6 Å². The quantitative estimate of drug-likeness (QED) is 0.703. The van der Waals surface area contributed by atoms with Crippen molar-refractivity contribution in [2.24, 2.45) is 0 Å². The number of hydrogen-bond donors (Lipinski definition) is 2. The third kappa shape index (κ3) is 2.47. The van der Waals surface area contributed by atoms with Gasteiger partial charge < -0.3 is 9.52 Å². The van der Waals surface area contributed by atoms with Gasteiger partial charge in [-0.3, -0.25) is 19.8 Å². The topological polar surface area (TPSA) is 82.8 Å². The van der Waals surface area contributed by atoms with Crippen LogP contribution in [0, 0.1) is 0 Å². The molecule has 1 fully saturated rings. The summed E-state index contributed by atoms with van der Waals surface area (Å²) in [5, 5.41) is 11.2. The number of carbonyl (C=O) groups excluding carboxylic acids is 2.